The molecule has 74 valence electrons. The molecule has 0 radical (unpaired) electrons. The first-order valence-corrected chi connectivity index (χ1v) is 3.95. The van der Waals surface area contributed by atoms with Crippen molar-refractivity contribution >= 4 is 11.7 Å². The fraction of sp³-hybridized carbons (Fsp3) is 0. The Morgan fingerprint density at radius 1 is 1.36 bits per heavy atom. The van der Waals surface area contributed by atoms with E-state index in [0.29, 0.717) is 0 Å². The molecule has 14 heavy (non-hydrogen) atoms. The lowest BCUT2D eigenvalue weighted by molar-refractivity contribution is -0.131. The molecule has 0 heterocycles. The lowest BCUT2D eigenvalue weighted by atomic mass is 10.3. The summed E-state index contributed by atoms with van der Waals surface area (Å²) in [6, 6.07) is 9.12. The van der Waals surface area contributed by atoms with E-state index < -0.39 is 5.97 Å². The van der Waals surface area contributed by atoms with Crippen LogP contribution in [0, 0.1) is 0 Å². The first kappa shape index (κ1) is 10.1. The Kier molecular flexibility index (Phi) is 3.51. The molecule has 0 fully saturated rings. The van der Waals surface area contributed by atoms with E-state index >= 15 is 0 Å². The van der Waals surface area contributed by atoms with Crippen molar-refractivity contribution < 1.29 is 9.90 Å². The molecule has 0 saturated heterocycles. The van der Waals surface area contributed by atoms with Gasteiger partial charge in [0.25, 0.3) is 0 Å². The van der Waals surface area contributed by atoms with Crippen molar-refractivity contribution in [2.45, 2.75) is 0 Å². The molecule has 0 saturated carbocycles. The summed E-state index contributed by atoms with van der Waals surface area (Å²) < 4.78 is 0. The Hall–Kier alpha value is -2.01. The maximum atomic E-state index is 10.3. The third kappa shape index (κ3) is 3.16. The van der Waals surface area contributed by atoms with Gasteiger partial charge in [0.15, 0.2) is 0 Å². The van der Waals surface area contributed by atoms with Gasteiger partial charge in [0.1, 0.15) is 5.82 Å². The fourth-order valence-electron chi connectivity index (χ4n) is 0.914. The van der Waals surface area contributed by atoms with Gasteiger partial charge in [0.05, 0.1) is 6.08 Å². The van der Waals surface area contributed by atoms with E-state index in [0.717, 1.165) is 11.8 Å². The summed E-state index contributed by atoms with van der Waals surface area (Å²) in [6.45, 7) is 0. The molecule has 0 unspecified atom stereocenters. The van der Waals surface area contributed by atoms with Crippen molar-refractivity contribution in [1.29, 1.82) is 0 Å². The summed E-state index contributed by atoms with van der Waals surface area (Å²) in [7, 11) is 0. The van der Waals surface area contributed by atoms with Gasteiger partial charge in [-0.25, -0.2) is 10.6 Å². The summed E-state index contributed by atoms with van der Waals surface area (Å²) in [4.78, 5) is 10.3. The van der Waals surface area contributed by atoms with E-state index in [1.807, 2.05) is 18.2 Å². The number of para-hydroxylation sites is 1. The van der Waals surface area contributed by atoms with Gasteiger partial charge in [-0.3, -0.25) is 0 Å². The number of aliphatic carboxylic acids is 1. The summed E-state index contributed by atoms with van der Waals surface area (Å²) in [5, 5.41) is 11.3. The van der Waals surface area contributed by atoms with Gasteiger partial charge < -0.3 is 15.8 Å². The lowest BCUT2D eigenvalue weighted by Gasteiger charge is -2.08. The molecule has 1 rings (SSSR count). The van der Waals surface area contributed by atoms with Gasteiger partial charge in [0.2, 0.25) is 0 Å². The number of nitrogens with one attached hydrogen (secondary N) is 2. The van der Waals surface area contributed by atoms with Crippen molar-refractivity contribution in [3.63, 3.8) is 0 Å². The first-order valence-electron chi connectivity index (χ1n) is 3.95. The molecule has 5 heteroatoms. The van der Waals surface area contributed by atoms with E-state index in [1.165, 1.54) is 0 Å². The molecular formula is C9H11N3O2. The van der Waals surface area contributed by atoms with Gasteiger partial charge in [-0.15, -0.1) is 0 Å². The van der Waals surface area contributed by atoms with Crippen LogP contribution >= 0.6 is 0 Å². The van der Waals surface area contributed by atoms with Crippen LogP contribution in [0.15, 0.2) is 42.2 Å². The van der Waals surface area contributed by atoms with Crippen molar-refractivity contribution in [2.24, 2.45) is 5.84 Å². The lowest BCUT2D eigenvalue weighted by Crippen LogP contribution is -2.27. The fourth-order valence-corrected chi connectivity index (χ4v) is 0.914. The van der Waals surface area contributed by atoms with Crippen molar-refractivity contribution in [2.75, 3.05) is 5.32 Å². The number of anilines is 1. The second-order valence-electron chi connectivity index (χ2n) is 2.53. The highest BCUT2D eigenvalue weighted by Crippen LogP contribution is 2.06. The van der Waals surface area contributed by atoms with Crippen LogP contribution in [0.2, 0.25) is 0 Å². The largest absolute Gasteiger partial charge is 0.478 e. The molecule has 5 nitrogen and oxygen atoms in total. The molecule has 0 aromatic heterocycles. The number of carbonyl (C=O) groups is 1. The second kappa shape index (κ2) is 4.88. The number of carboxylic acids is 1. The molecule has 0 aliphatic carbocycles. The molecule has 1 aromatic carbocycles. The quantitative estimate of drug-likeness (QED) is 0.317. The number of hydrogen-bond acceptors (Lipinski definition) is 4. The third-order valence-corrected chi connectivity index (χ3v) is 1.48. The highest BCUT2D eigenvalue weighted by atomic mass is 16.4. The summed E-state index contributed by atoms with van der Waals surface area (Å²) in [6.07, 6.45) is 0.951. The van der Waals surface area contributed by atoms with Gasteiger partial charge >= 0.3 is 5.97 Å². The maximum absolute atomic E-state index is 10.3. The zero-order chi connectivity index (χ0) is 10.4. The number of hydrogen-bond donors (Lipinski definition) is 4. The van der Waals surface area contributed by atoms with Gasteiger partial charge in [-0.2, -0.15) is 0 Å². The molecule has 1 aromatic rings. The minimum atomic E-state index is -1.07. The zero-order valence-electron chi connectivity index (χ0n) is 7.40. The van der Waals surface area contributed by atoms with Gasteiger partial charge in [-0.1, -0.05) is 18.2 Å². The topological polar surface area (TPSA) is 87.4 Å². The van der Waals surface area contributed by atoms with E-state index in [2.05, 4.69) is 10.7 Å². The van der Waals surface area contributed by atoms with Crippen LogP contribution in [-0.4, -0.2) is 11.1 Å². The number of carboxylic acid groups (broad SMARTS) is 1. The Balaban J connectivity index is 2.71. The van der Waals surface area contributed by atoms with Gasteiger partial charge in [-0.05, 0) is 12.1 Å². The molecular weight excluding hydrogens is 182 g/mol. The summed E-state index contributed by atoms with van der Waals surface area (Å²) in [5.41, 5.74) is 3.01. The van der Waals surface area contributed by atoms with Crippen molar-refractivity contribution in [3.8, 4) is 0 Å². The van der Waals surface area contributed by atoms with Crippen LogP contribution in [0.25, 0.3) is 0 Å². The highest BCUT2D eigenvalue weighted by Gasteiger charge is 1.97. The normalized spacial score (nSPS) is 10.8. The van der Waals surface area contributed by atoms with E-state index in [9.17, 15) is 4.79 Å². The Morgan fingerprint density at radius 2 is 2.00 bits per heavy atom. The predicted molar refractivity (Wildman–Crippen MR) is 53.1 cm³/mol. The molecule has 0 aliphatic rings. The third-order valence-electron chi connectivity index (χ3n) is 1.48. The molecule has 0 atom stereocenters. The SMILES string of the molecule is NNC(=CC(=O)O)Nc1ccccc1. The number of rotatable bonds is 4. The van der Waals surface area contributed by atoms with Crippen LogP contribution in [-0.2, 0) is 4.79 Å². The molecule has 0 aliphatic heterocycles. The second-order valence-corrected chi connectivity index (χ2v) is 2.53. The van der Waals surface area contributed by atoms with Crippen molar-refractivity contribution in [1.82, 2.24) is 5.43 Å². The Labute approximate surface area is 81.2 Å². The molecule has 5 N–H and O–H groups in total. The van der Waals surface area contributed by atoms with E-state index in [-0.39, 0.29) is 5.82 Å². The van der Waals surface area contributed by atoms with Crippen LogP contribution in [0.3, 0.4) is 0 Å². The van der Waals surface area contributed by atoms with Crippen LogP contribution in [0.4, 0.5) is 5.69 Å². The van der Waals surface area contributed by atoms with E-state index in [1.54, 1.807) is 12.1 Å². The maximum Gasteiger partial charge on any atom is 0.332 e. The predicted octanol–water partition coefficient (Wildman–Crippen LogP) is 0.488. The molecule has 0 amide bonds. The monoisotopic (exact) mass is 193 g/mol. The zero-order valence-corrected chi connectivity index (χ0v) is 7.40. The van der Waals surface area contributed by atoms with Crippen LogP contribution < -0.4 is 16.6 Å². The number of nitrogens with two attached hydrogens (primary N) is 1. The average Bonchev–Trinajstić information content (AvgIpc) is 2.17. The van der Waals surface area contributed by atoms with Crippen LogP contribution in [0.5, 0.6) is 0 Å². The summed E-state index contributed by atoms with van der Waals surface area (Å²) in [5.74, 6) is 4.28. The minimum absolute atomic E-state index is 0.226. The Morgan fingerprint density at radius 3 is 2.50 bits per heavy atom. The molecule has 0 bridgehead atoms. The first-order chi connectivity index (χ1) is 6.72. The minimum Gasteiger partial charge on any atom is -0.478 e. The summed E-state index contributed by atoms with van der Waals surface area (Å²) >= 11 is 0. The standard InChI is InChI=1S/C9H11N3O2/c10-12-8(6-9(13)14)11-7-4-2-1-3-5-7/h1-6,11-12H,10H2,(H,13,14). The smallest absolute Gasteiger partial charge is 0.332 e. The van der Waals surface area contributed by atoms with Gasteiger partial charge in [0, 0.05) is 5.69 Å². The van der Waals surface area contributed by atoms with Crippen LogP contribution in [0.1, 0.15) is 0 Å². The van der Waals surface area contributed by atoms with Crippen molar-refractivity contribution in [3.05, 3.63) is 42.2 Å². The Bertz CT molecular complexity index is 335. The average molecular weight is 193 g/mol. The number of hydrazine groups is 1. The number of benzene rings is 1. The van der Waals surface area contributed by atoms with E-state index in [4.69, 9.17) is 10.9 Å². The highest BCUT2D eigenvalue weighted by molar-refractivity contribution is 5.81. The molecule has 0 spiro atoms.